The lowest BCUT2D eigenvalue weighted by Crippen LogP contribution is -2.24. The Kier molecular flexibility index (Phi) is 2.98. The highest BCUT2D eigenvalue weighted by Gasteiger charge is 2.32. The Morgan fingerprint density at radius 1 is 1.20 bits per heavy atom. The van der Waals surface area contributed by atoms with Gasteiger partial charge in [-0.2, -0.15) is 0 Å². The highest BCUT2D eigenvalue weighted by molar-refractivity contribution is 6.30. The fourth-order valence-electron chi connectivity index (χ4n) is 2.51. The maximum Gasteiger partial charge on any atom is 0.164 e. The number of para-hydroxylation sites is 1. The number of fused-ring (bicyclic) bond motifs is 1. The van der Waals surface area contributed by atoms with Crippen molar-refractivity contribution in [2.75, 3.05) is 0 Å². The molecule has 0 N–H and O–H groups in total. The van der Waals surface area contributed by atoms with E-state index >= 15 is 0 Å². The standard InChI is InChI=1S/C16H17ClN2O/c1-9-10(2)18-15(19-14(9)17)12-7-5-6-11-8-16(3,4)20-13(11)12/h5-7H,8H2,1-4H3. The van der Waals surface area contributed by atoms with E-state index in [0.29, 0.717) is 11.0 Å². The molecule has 1 aromatic carbocycles. The number of rotatable bonds is 1. The number of halogens is 1. The Morgan fingerprint density at radius 3 is 2.65 bits per heavy atom. The van der Waals surface area contributed by atoms with Gasteiger partial charge in [-0.05, 0) is 39.3 Å². The van der Waals surface area contributed by atoms with Crippen molar-refractivity contribution in [3.63, 3.8) is 0 Å². The lowest BCUT2D eigenvalue weighted by atomic mass is 10.0. The van der Waals surface area contributed by atoms with E-state index in [1.807, 2.05) is 26.0 Å². The van der Waals surface area contributed by atoms with Gasteiger partial charge in [-0.15, -0.1) is 0 Å². The lowest BCUT2D eigenvalue weighted by molar-refractivity contribution is 0.139. The van der Waals surface area contributed by atoms with Crippen LogP contribution in [0.3, 0.4) is 0 Å². The van der Waals surface area contributed by atoms with E-state index in [1.54, 1.807) is 0 Å². The lowest BCUT2D eigenvalue weighted by Gasteiger charge is -2.18. The SMILES string of the molecule is Cc1nc(-c2cccc3c2OC(C)(C)C3)nc(Cl)c1C. The molecule has 2 aromatic rings. The Morgan fingerprint density at radius 2 is 1.95 bits per heavy atom. The Balaban J connectivity index is 2.16. The van der Waals surface area contributed by atoms with Gasteiger partial charge in [0.25, 0.3) is 0 Å². The zero-order valence-electron chi connectivity index (χ0n) is 12.1. The van der Waals surface area contributed by atoms with Crippen LogP contribution in [0.2, 0.25) is 5.15 Å². The van der Waals surface area contributed by atoms with Crippen LogP contribution in [0, 0.1) is 13.8 Å². The summed E-state index contributed by atoms with van der Waals surface area (Å²) in [5.74, 6) is 1.52. The first-order valence-corrected chi connectivity index (χ1v) is 7.07. The predicted molar refractivity (Wildman–Crippen MR) is 80.4 cm³/mol. The van der Waals surface area contributed by atoms with Crippen molar-refractivity contribution in [2.45, 2.75) is 39.7 Å². The molecule has 3 rings (SSSR count). The van der Waals surface area contributed by atoms with Gasteiger partial charge >= 0.3 is 0 Å². The summed E-state index contributed by atoms with van der Waals surface area (Å²) in [6.07, 6.45) is 0.898. The van der Waals surface area contributed by atoms with Crippen LogP contribution in [0.15, 0.2) is 18.2 Å². The third kappa shape index (κ3) is 2.16. The molecule has 0 unspecified atom stereocenters. The smallest absolute Gasteiger partial charge is 0.164 e. The van der Waals surface area contributed by atoms with Crippen molar-refractivity contribution in [1.82, 2.24) is 9.97 Å². The molecular formula is C16H17ClN2O. The Hall–Kier alpha value is -1.61. The van der Waals surface area contributed by atoms with Gasteiger partial charge in [-0.3, -0.25) is 0 Å². The molecule has 0 saturated heterocycles. The summed E-state index contributed by atoms with van der Waals surface area (Å²) in [5, 5.41) is 0.502. The first-order chi connectivity index (χ1) is 9.37. The largest absolute Gasteiger partial charge is 0.486 e. The molecule has 4 heteroatoms. The van der Waals surface area contributed by atoms with Gasteiger partial charge in [0, 0.05) is 17.7 Å². The second kappa shape index (κ2) is 4.45. The quantitative estimate of drug-likeness (QED) is 0.740. The van der Waals surface area contributed by atoms with Crippen molar-refractivity contribution < 1.29 is 4.74 Å². The van der Waals surface area contributed by atoms with Gasteiger partial charge in [0.1, 0.15) is 16.5 Å². The number of ether oxygens (including phenoxy) is 1. The van der Waals surface area contributed by atoms with Crippen molar-refractivity contribution >= 4 is 11.6 Å². The minimum Gasteiger partial charge on any atom is -0.486 e. The molecule has 0 radical (unpaired) electrons. The third-order valence-electron chi connectivity index (χ3n) is 3.66. The maximum absolute atomic E-state index is 6.18. The van der Waals surface area contributed by atoms with Crippen LogP contribution in [0.25, 0.3) is 11.4 Å². The summed E-state index contributed by atoms with van der Waals surface area (Å²) in [4.78, 5) is 8.96. The first-order valence-electron chi connectivity index (χ1n) is 6.69. The molecule has 1 aromatic heterocycles. The van der Waals surface area contributed by atoms with E-state index in [1.165, 1.54) is 5.56 Å². The Bertz CT molecular complexity index is 672. The molecule has 0 spiro atoms. The molecule has 104 valence electrons. The van der Waals surface area contributed by atoms with E-state index in [-0.39, 0.29) is 5.60 Å². The normalized spacial score (nSPS) is 15.8. The molecule has 1 aliphatic heterocycles. The highest BCUT2D eigenvalue weighted by Crippen LogP contribution is 2.41. The molecule has 0 atom stereocenters. The highest BCUT2D eigenvalue weighted by atomic mass is 35.5. The second-order valence-electron chi connectivity index (χ2n) is 5.88. The minimum absolute atomic E-state index is 0.179. The summed E-state index contributed by atoms with van der Waals surface area (Å²) >= 11 is 6.18. The topological polar surface area (TPSA) is 35.0 Å². The molecule has 0 fully saturated rings. The van der Waals surface area contributed by atoms with Crippen LogP contribution in [-0.4, -0.2) is 15.6 Å². The molecule has 0 saturated carbocycles. The zero-order valence-corrected chi connectivity index (χ0v) is 12.9. The second-order valence-corrected chi connectivity index (χ2v) is 6.24. The number of nitrogens with zero attached hydrogens (tertiary/aromatic N) is 2. The molecule has 3 nitrogen and oxygen atoms in total. The fourth-order valence-corrected chi connectivity index (χ4v) is 2.72. The monoisotopic (exact) mass is 288 g/mol. The van der Waals surface area contributed by atoms with Crippen molar-refractivity contribution in [2.24, 2.45) is 0 Å². The molecular weight excluding hydrogens is 272 g/mol. The minimum atomic E-state index is -0.179. The zero-order chi connectivity index (χ0) is 14.5. The van der Waals surface area contributed by atoms with Crippen LogP contribution >= 0.6 is 11.6 Å². The summed E-state index contributed by atoms with van der Waals surface area (Å²) in [5.41, 5.74) is 3.75. The van der Waals surface area contributed by atoms with E-state index in [0.717, 1.165) is 29.0 Å². The average molecular weight is 289 g/mol. The van der Waals surface area contributed by atoms with Gasteiger partial charge < -0.3 is 4.74 Å². The van der Waals surface area contributed by atoms with Crippen LogP contribution < -0.4 is 4.74 Å². The summed E-state index contributed by atoms with van der Waals surface area (Å²) in [6.45, 7) is 8.05. The van der Waals surface area contributed by atoms with E-state index < -0.39 is 0 Å². The van der Waals surface area contributed by atoms with Crippen molar-refractivity contribution in [3.8, 4) is 17.1 Å². The van der Waals surface area contributed by atoms with Gasteiger partial charge in [-0.25, -0.2) is 9.97 Å². The molecule has 0 aliphatic carbocycles. The number of benzene rings is 1. The number of hydrogen-bond acceptors (Lipinski definition) is 3. The summed E-state index contributed by atoms with van der Waals surface area (Å²) in [6, 6.07) is 6.10. The van der Waals surface area contributed by atoms with Crippen molar-refractivity contribution in [1.29, 1.82) is 0 Å². The van der Waals surface area contributed by atoms with Crippen LogP contribution in [-0.2, 0) is 6.42 Å². The Labute approximate surface area is 124 Å². The van der Waals surface area contributed by atoms with Crippen LogP contribution in [0.1, 0.15) is 30.7 Å². The fraction of sp³-hybridized carbons (Fsp3) is 0.375. The molecule has 2 heterocycles. The van der Waals surface area contributed by atoms with Gasteiger partial charge in [0.05, 0.1) is 5.56 Å². The van der Waals surface area contributed by atoms with Gasteiger partial charge in [-0.1, -0.05) is 23.7 Å². The average Bonchev–Trinajstić information content (AvgIpc) is 2.68. The molecule has 20 heavy (non-hydrogen) atoms. The number of hydrogen-bond donors (Lipinski definition) is 0. The van der Waals surface area contributed by atoms with Crippen molar-refractivity contribution in [3.05, 3.63) is 40.2 Å². The molecule has 0 amide bonds. The first kappa shape index (κ1) is 13.4. The summed E-state index contributed by atoms with van der Waals surface area (Å²) in [7, 11) is 0. The van der Waals surface area contributed by atoms with Gasteiger partial charge in [0.2, 0.25) is 0 Å². The van der Waals surface area contributed by atoms with Crippen LogP contribution in [0.4, 0.5) is 0 Å². The maximum atomic E-state index is 6.18. The summed E-state index contributed by atoms with van der Waals surface area (Å²) < 4.78 is 6.07. The predicted octanol–water partition coefficient (Wildman–Crippen LogP) is 4.13. The molecule has 0 bridgehead atoms. The van der Waals surface area contributed by atoms with E-state index in [9.17, 15) is 0 Å². The molecule has 1 aliphatic rings. The van der Waals surface area contributed by atoms with E-state index in [4.69, 9.17) is 16.3 Å². The number of aromatic nitrogens is 2. The van der Waals surface area contributed by atoms with E-state index in [2.05, 4.69) is 29.9 Å². The number of aryl methyl sites for hydroxylation is 1. The van der Waals surface area contributed by atoms with Crippen LogP contribution in [0.5, 0.6) is 5.75 Å². The third-order valence-corrected chi connectivity index (χ3v) is 4.03. The van der Waals surface area contributed by atoms with Gasteiger partial charge in [0.15, 0.2) is 5.82 Å².